The molecule has 5 atom stereocenters. The Kier molecular flexibility index (Phi) is 6.51. The van der Waals surface area contributed by atoms with Gasteiger partial charge in [0.2, 0.25) is 0 Å². The Bertz CT molecular complexity index is 308. The zero-order valence-corrected chi connectivity index (χ0v) is 14.8. The van der Waals surface area contributed by atoms with Crippen molar-refractivity contribution in [1.82, 2.24) is 10.2 Å². The molecule has 0 spiro atoms. The summed E-state index contributed by atoms with van der Waals surface area (Å²) < 4.78 is 5.91. The van der Waals surface area contributed by atoms with Crippen molar-refractivity contribution in [3.05, 3.63) is 0 Å². The van der Waals surface area contributed by atoms with Gasteiger partial charge < -0.3 is 10.1 Å². The monoisotopic (exact) mass is 296 g/mol. The van der Waals surface area contributed by atoms with Gasteiger partial charge in [-0.3, -0.25) is 4.90 Å². The van der Waals surface area contributed by atoms with Gasteiger partial charge in [-0.2, -0.15) is 0 Å². The molecule has 0 saturated carbocycles. The zero-order chi connectivity index (χ0) is 15.4. The molecule has 2 fully saturated rings. The fraction of sp³-hybridized carbons (Fsp3) is 1.00. The molecular weight excluding hydrogens is 260 g/mol. The largest absolute Gasteiger partial charge is 0.378 e. The van der Waals surface area contributed by atoms with Crippen LogP contribution in [0.2, 0.25) is 0 Å². The Morgan fingerprint density at radius 1 is 1.24 bits per heavy atom. The molecule has 0 aromatic rings. The number of hydrogen-bond acceptors (Lipinski definition) is 3. The quantitative estimate of drug-likeness (QED) is 0.815. The molecule has 2 rings (SSSR count). The predicted molar refractivity (Wildman–Crippen MR) is 89.6 cm³/mol. The van der Waals surface area contributed by atoms with Crippen LogP contribution in [0.3, 0.4) is 0 Å². The van der Waals surface area contributed by atoms with E-state index in [1.165, 1.54) is 25.9 Å². The molecule has 3 nitrogen and oxygen atoms in total. The van der Waals surface area contributed by atoms with E-state index in [4.69, 9.17) is 4.74 Å². The van der Waals surface area contributed by atoms with E-state index in [1.807, 2.05) is 0 Å². The van der Waals surface area contributed by atoms with Crippen molar-refractivity contribution in [3.63, 3.8) is 0 Å². The maximum atomic E-state index is 5.91. The van der Waals surface area contributed by atoms with Crippen LogP contribution in [0.1, 0.15) is 53.9 Å². The minimum Gasteiger partial charge on any atom is -0.378 e. The van der Waals surface area contributed by atoms with Crippen LogP contribution in [0, 0.1) is 17.8 Å². The van der Waals surface area contributed by atoms with Gasteiger partial charge in [0.05, 0.1) is 6.10 Å². The van der Waals surface area contributed by atoms with Crippen LogP contribution < -0.4 is 5.32 Å². The van der Waals surface area contributed by atoms with E-state index in [2.05, 4.69) is 44.8 Å². The number of nitrogens with zero attached hydrogens (tertiary/aromatic N) is 1. The highest BCUT2D eigenvalue weighted by atomic mass is 16.5. The molecule has 21 heavy (non-hydrogen) atoms. The molecule has 0 bridgehead atoms. The first-order chi connectivity index (χ1) is 10.1. The van der Waals surface area contributed by atoms with Crippen molar-refractivity contribution < 1.29 is 4.74 Å². The highest BCUT2D eigenvalue weighted by Crippen LogP contribution is 2.28. The molecule has 5 unspecified atom stereocenters. The summed E-state index contributed by atoms with van der Waals surface area (Å²) in [5.41, 5.74) is 0. The summed E-state index contributed by atoms with van der Waals surface area (Å²) in [5.74, 6) is 2.23. The molecule has 2 heterocycles. The van der Waals surface area contributed by atoms with E-state index in [0.29, 0.717) is 18.2 Å². The van der Waals surface area contributed by atoms with Gasteiger partial charge in [0.15, 0.2) is 0 Å². The molecule has 0 amide bonds. The lowest BCUT2D eigenvalue weighted by atomic mass is 9.90. The standard InChI is InChI=1S/C18H36N2O/c1-6-14(5)16-12-20(17(10-19-16)13(3)4)11-15-8-9-21-18(15)7-2/h13-19H,6-12H2,1-5H3. The maximum Gasteiger partial charge on any atom is 0.0613 e. The van der Waals surface area contributed by atoms with Crippen LogP contribution in [-0.4, -0.2) is 49.3 Å². The summed E-state index contributed by atoms with van der Waals surface area (Å²) in [6.07, 6.45) is 4.18. The molecule has 2 saturated heterocycles. The third kappa shape index (κ3) is 4.20. The zero-order valence-electron chi connectivity index (χ0n) is 14.8. The molecule has 3 heteroatoms. The third-order valence-corrected chi connectivity index (χ3v) is 5.81. The fourth-order valence-corrected chi connectivity index (χ4v) is 4.04. The van der Waals surface area contributed by atoms with E-state index in [-0.39, 0.29) is 0 Å². The molecule has 1 N–H and O–H groups in total. The van der Waals surface area contributed by atoms with Crippen LogP contribution in [0.25, 0.3) is 0 Å². The minimum absolute atomic E-state index is 0.495. The molecule has 2 aliphatic rings. The fourth-order valence-electron chi connectivity index (χ4n) is 4.04. The minimum atomic E-state index is 0.495. The molecule has 0 aromatic heterocycles. The van der Waals surface area contributed by atoms with E-state index < -0.39 is 0 Å². The van der Waals surface area contributed by atoms with E-state index in [0.717, 1.165) is 37.3 Å². The highest BCUT2D eigenvalue weighted by molar-refractivity contribution is 4.92. The van der Waals surface area contributed by atoms with Crippen molar-refractivity contribution in [1.29, 1.82) is 0 Å². The van der Waals surface area contributed by atoms with Crippen molar-refractivity contribution in [2.45, 2.75) is 72.1 Å². The number of piperazine rings is 1. The highest BCUT2D eigenvalue weighted by Gasteiger charge is 2.35. The lowest BCUT2D eigenvalue weighted by Crippen LogP contribution is -2.60. The topological polar surface area (TPSA) is 24.5 Å². The van der Waals surface area contributed by atoms with Crippen LogP contribution in [0.4, 0.5) is 0 Å². The maximum absolute atomic E-state index is 5.91. The average molecular weight is 296 g/mol. The van der Waals surface area contributed by atoms with Gasteiger partial charge in [-0.05, 0) is 30.6 Å². The first-order valence-corrected chi connectivity index (χ1v) is 9.15. The third-order valence-electron chi connectivity index (χ3n) is 5.81. The molecule has 2 aliphatic heterocycles. The summed E-state index contributed by atoms with van der Waals surface area (Å²) in [7, 11) is 0. The van der Waals surface area contributed by atoms with Gasteiger partial charge >= 0.3 is 0 Å². The second-order valence-corrected chi connectivity index (χ2v) is 7.53. The number of rotatable bonds is 6. The molecule has 0 aliphatic carbocycles. The van der Waals surface area contributed by atoms with Gasteiger partial charge in [-0.15, -0.1) is 0 Å². The lowest BCUT2D eigenvalue weighted by molar-refractivity contribution is 0.0381. The van der Waals surface area contributed by atoms with Crippen molar-refractivity contribution in [3.8, 4) is 0 Å². The van der Waals surface area contributed by atoms with Gasteiger partial charge in [0, 0.05) is 38.3 Å². The number of hydrogen-bond donors (Lipinski definition) is 1. The number of ether oxygens (including phenoxy) is 1. The van der Waals surface area contributed by atoms with E-state index in [1.54, 1.807) is 0 Å². The van der Waals surface area contributed by atoms with Crippen molar-refractivity contribution >= 4 is 0 Å². The summed E-state index contributed by atoms with van der Waals surface area (Å²) in [4.78, 5) is 2.78. The molecule has 0 aromatic carbocycles. The number of nitrogens with one attached hydrogen (secondary N) is 1. The Labute approximate surface area is 131 Å². The Morgan fingerprint density at radius 2 is 2.00 bits per heavy atom. The van der Waals surface area contributed by atoms with Gasteiger partial charge in [0.1, 0.15) is 0 Å². The Morgan fingerprint density at radius 3 is 2.62 bits per heavy atom. The first-order valence-electron chi connectivity index (χ1n) is 9.15. The summed E-state index contributed by atoms with van der Waals surface area (Å²) >= 11 is 0. The van der Waals surface area contributed by atoms with Crippen LogP contribution in [0.15, 0.2) is 0 Å². The van der Waals surface area contributed by atoms with Crippen LogP contribution in [-0.2, 0) is 4.74 Å². The predicted octanol–water partition coefficient (Wildman–Crippen LogP) is 3.15. The van der Waals surface area contributed by atoms with Crippen molar-refractivity contribution in [2.75, 3.05) is 26.2 Å². The van der Waals surface area contributed by atoms with Gasteiger partial charge in [-0.1, -0.05) is 41.0 Å². The van der Waals surface area contributed by atoms with Crippen LogP contribution >= 0.6 is 0 Å². The van der Waals surface area contributed by atoms with E-state index in [9.17, 15) is 0 Å². The van der Waals surface area contributed by atoms with E-state index >= 15 is 0 Å². The summed E-state index contributed by atoms with van der Waals surface area (Å²) in [6.45, 7) is 16.3. The van der Waals surface area contributed by atoms with Gasteiger partial charge in [0.25, 0.3) is 0 Å². The molecular formula is C18H36N2O. The normalized spacial score (nSPS) is 36.3. The van der Waals surface area contributed by atoms with Gasteiger partial charge in [-0.25, -0.2) is 0 Å². The SMILES string of the molecule is CCC(C)C1CN(CC2CCOC2CC)C(C(C)C)CN1. The molecule has 0 radical (unpaired) electrons. The Balaban J connectivity index is 2.00. The smallest absolute Gasteiger partial charge is 0.0613 e. The summed E-state index contributed by atoms with van der Waals surface area (Å²) in [6, 6.07) is 1.34. The summed E-state index contributed by atoms with van der Waals surface area (Å²) in [5, 5.41) is 3.81. The average Bonchev–Trinajstić information content (AvgIpc) is 2.93. The molecule has 124 valence electrons. The second-order valence-electron chi connectivity index (χ2n) is 7.53. The van der Waals surface area contributed by atoms with Crippen molar-refractivity contribution in [2.24, 2.45) is 17.8 Å². The lowest BCUT2D eigenvalue weighted by Gasteiger charge is -2.45. The second kappa shape index (κ2) is 7.94. The van der Waals surface area contributed by atoms with Crippen LogP contribution in [0.5, 0.6) is 0 Å². The Hall–Kier alpha value is -0.120. The first kappa shape index (κ1) is 17.2.